The first-order valence-electron chi connectivity index (χ1n) is 5.66. The van der Waals surface area contributed by atoms with Crippen LogP contribution in [0.5, 0.6) is 0 Å². The Morgan fingerprint density at radius 3 is 3.00 bits per heavy atom. The van der Waals surface area contributed by atoms with E-state index in [0.29, 0.717) is 12.5 Å². The van der Waals surface area contributed by atoms with Crippen molar-refractivity contribution in [1.29, 1.82) is 0 Å². The minimum absolute atomic E-state index is 0.180. The molecule has 0 bridgehead atoms. The number of esters is 1. The first-order valence-corrected chi connectivity index (χ1v) is 5.66. The Bertz CT molecular complexity index is 205. The summed E-state index contributed by atoms with van der Waals surface area (Å²) in [5.74, 6) is -0.180. The monoisotopic (exact) mass is 212 g/mol. The summed E-state index contributed by atoms with van der Waals surface area (Å²) in [6.45, 7) is 0.913. The van der Waals surface area contributed by atoms with E-state index in [4.69, 9.17) is 4.74 Å². The minimum Gasteiger partial charge on any atom is -0.469 e. The Morgan fingerprint density at radius 1 is 1.47 bits per heavy atom. The van der Waals surface area contributed by atoms with Crippen LogP contribution in [0.15, 0.2) is 12.2 Å². The lowest BCUT2D eigenvalue weighted by Crippen LogP contribution is -2.18. The van der Waals surface area contributed by atoms with Crippen LogP contribution in [-0.2, 0) is 14.3 Å². The molecule has 0 N–H and O–H groups in total. The molecule has 0 aromatic rings. The summed E-state index contributed by atoms with van der Waals surface area (Å²) in [5.41, 5.74) is 0. The highest BCUT2D eigenvalue weighted by Crippen LogP contribution is 2.16. The fourth-order valence-electron chi connectivity index (χ4n) is 1.70. The summed E-state index contributed by atoms with van der Waals surface area (Å²) in [6, 6.07) is 0. The fourth-order valence-corrected chi connectivity index (χ4v) is 1.70. The van der Waals surface area contributed by atoms with Gasteiger partial charge in [0, 0.05) is 6.61 Å². The summed E-state index contributed by atoms with van der Waals surface area (Å²) >= 11 is 0. The van der Waals surface area contributed by atoms with E-state index in [-0.39, 0.29) is 5.97 Å². The van der Waals surface area contributed by atoms with Crippen LogP contribution in [0.25, 0.3) is 0 Å². The van der Waals surface area contributed by atoms with Crippen LogP contribution < -0.4 is 0 Å². The number of hydrogen-bond acceptors (Lipinski definition) is 3. The smallest absolute Gasteiger partial charge is 0.309 e. The third-order valence-electron chi connectivity index (χ3n) is 2.61. The maximum Gasteiger partial charge on any atom is 0.309 e. The second-order valence-electron chi connectivity index (χ2n) is 3.82. The van der Waals surface area contributed by atoms with Crippen LogP contribution in [0.2, 0.25) is 0 Å². The molecule has 1 rings (SSSR count). The molecular weight excluding hydrogens is 192 g/mol. The molecule has 0 aliphatic carbocycles. The molecule has 15 heavy (non-hydrogen) atoms. The van der Waals surface area contributed by atoms with Gasteiger partial charge in [-0.25, -0.2) is 0 Å². The zero-order valence-corrected chi connectivity index (χ0v) is 9.41. The summed E-state index contributed by atoms with van der Waals surface area (Å²) in [5, 5.41) is 0. The molecule has 0 saturated carbocycles. The highest BCUT2D eigenvalue weighted by atomic mass is 16.5. The Kier molecular flexibility index (Phi) is 6.09. The molecule has 0 aromatic heterocycles. The molecule has 1 atom stereocenters. The lowest BCUT2D eigenvalue weighted by molar-refractivity contribution is -0.139. The number of carbonyl (C=O) groups is 1. The summed E-state index contributed by atoms with van der Waals surface area (Å²) < 4.78 is 10.1. The predicted molar refractivity (Wildman–Crippen MR) is 58.6 cm³/mol. The van der Waals surface area contributed by atoms with Crippen molar-refractivity contribution >= 4 is 5.97 Å². The molecule has 0 spiro atoms. The Balaban J connectivity index is 2.02. The van der Waals surface area contributed by atoms with Crippen molar-refractivity contribution in [3.8, 4) is 0 Å². The van der Waals surface area contributed by atoms with Gasteiger partial charge in [-0.3, -0.25) is 4.79 Å². The van der Waals surface area contributed by atoms with Crippen molar-refractivity contribution in [2.24, 2.45) is 0 Å². The molecule has 0 radical (unpaired) electrons. The number of allylic oxidation sites excluding steroid dienone is 1. The summed E-state index contributed by atoms with van der Waals surface area (Å²) in [4.78, 5) is 10.8. The second-order valence-corrected chi connectivity index (χ2v) is 3.82. The Labute approximate surface area is 91.4 Å². The summed E-state index contributed by atoms with van der Waals surface area (Å²) in [6.07, 6.45) is 10.4. The third kappa shape index (κ3) is 5.57. The van der Waals surface area contributed by atoms with E-state index in [1.54, 1.807) is 0 Å². The van der Waals surface area contributed by atoms with E-state index >= 15 is 0 Å². The number of rotatable bonds is 5. The van der Waals surface area contributed by atoms with Crippen LogP contribution >= 0.6 is 0 Å². The van der Waals surface area contributed by atoms with Gasteiger partial charge in [0.05, 0.1) is 19.6 Å². The maximum atomic E-state index is 10.8. The van der Waals surface area contributed by atoms with Gasteiger partial charge in [0.1, 0.15) is 0 Å². The lowest BCUT2D eigenvalue weighted by Gasteiger charge is -2.21. The quantitative estimate of drug-likeness (QED) is 0.518. The minimum atomic E-state index is -0.180. The van der Waals surface area contributed by atoms with Gasteiger partial charge in [-0.05, 0) is 32.1 Å². The molecule has 0 amide bonds. The summed E-state index contributed by atoms with van der Waals surface area (Å²) in [7, 11) is 1.41. The van der Waals surface area contributed by atoms with Crippen molar-refractivity contribution in [2.45, 2.75) is 44.6 Å². The molecule has 1 aliphatic rings. The molecule has 1 unspecified atom stereocenters. The first kappa shape index (κ1) is 12.2. The van der Waals surface area contributed by atoms with Gasteiger partial charge in [-0.15, -0.1) is 0 Å². The number of ether oxygens (including phenoxy) is 2. The van der Waals surface area contributed by atoms with Crippen LogP contribution in [0.4, 0.5) is 0 Å². The molecule has 0 aromatic carbocycles. The Morgan fingerprint density at radius 2 is 2.33 bits per heavy atom. The van der Waals surface area contributed by atoms with Gasteiger partial charge in [0.15, 0.2) is 0 Å². The van der Waals surface area contributed by atoms with Gasteiger partial charge in [-0.2, -0.15) is 0 Å². The zero-order chi connectivity index (χ0) is 10.9. The predicted octanol–water partition coefficient (Wildman–Crippen LogP) is 2.46. The van der Waals surface area contributed by atoms with E-state index in [1.165, 1.54) is 26.4 Å². The van der Waals surface area contributed by atoms with Crippen molar-refractivity contribution in [3.63, 3.8) is 0 Å². The Hall–Kier alpha value is -0.830. The zero-order valence-electron chi connectivity index (χ0n) is 9.41. The largest absolute Gasteiger partial charge is 0.469 e. The molecule has 1 heterocycles. The fraction of sp³-hybridized carbons (Fsp3) is 0.750. The van der Waals surface area contributed by atoms with Crippen LogP contribution in [0.3, 0.4) is 0 Å². The highest BCUT2D eigenvalue weighted by Gasteiger charge is 2.11. The van der Waals surface area contributed by atoms with Crippen molar-refractivity contribution in [3.05, 3.63) is 12.2 Å². The second kappa shape index (κ2) is 7.46. The normalized spacial score (nSPS) is 21.8. The van der Waals surface area contributed by atoms with Gasteiger partial charge >= 0.3 is 5.97 Å². The lowest BCUT2D eigenvalue weighted by atomic mass is 10.0. The molecule has 1 aliphatic heterocycles. The van der Waals surface area contributed by atoms with Gasteiger partial charge < -0.3 is 9.47 Å². The maximum absolute atomic E-state index is 10.8. The SMILES string of the molecule is COC(=O)C/C=C\CCC1CCCCO1. The van der Waals surface area contributed by atoms with E-state index < -0.39 is 0 Å². The van der Waals surface area contributed by atoms with E-state index in [0.717, 1.165) is 19.4 Å². The van der Waals surface area contributed by atoms with E-state index in [9.17, 15) is 4.79 Å². The third-order valence-corrected chi connectivity index (χ3v) is 2.61. The molecule has 3 nitrogen and oxygen atoms in total. The standard InChI is InChI=1S/C12H20O3/c1-14-12(13)9-4-2-3-7-11-8-5-6-10-15-11/h2,4,11H,3,5-10H2,1H3/b4-2-. The van der Waals surface area contributed by atoms with Crippen molar-refractivity contribution in [2.75, 3.05) is 13.7 Å². The van der Waals surface area contributed by atoms with E-state index in [1.807, 2.05) is 12.2 Å². The van der Waals surface area contributed by atoms with E-state index in [2.05, 4.69) is 4.74 Å². The number of methoxy groups -OCH3 is 1. The highest BCUT2D eigenvalue weighted by molar-refractivity contribution is 5.70. The number of hydrogen-bond donors (Lipinski definition) is 0. The van der Waals surface area contributed by atoms with Gasteiger partial charge in [-0.1, -0.05) is 12.2 Å². The molecule has 1 saturated heterocycles. The average molecular weight is 212 g/mol. The van der Waals surface area contributed by atoms with Gasteiger partial charge in [0.2, 0.25) is 0 Å². The number of carbonyl (C=O) groups excluding carboxylic acids is 1. The molecule has 86 valence electrons. The molecule has 3 heteroatoms. The van der Waals surface area contributed by atoms with Crippen molar-refractivity contribution < 1.29 is 14.3 Å². The molecular formula is C12H20O3. The molecule has 1 fully saturated rings. The van der Waals surface area contributed by atoms with Crippen molar-refractivity contribution in [1.82, 2.24) is 0 Å². The van der Waals surface area contributed by atoms with Crippen LogP contribution in [0, 0.1) is 0 Å². The average Bonchev–Trinajstić information content (AvgIpc) is 2.29. The van der Waals surface area contributed by atoms with Gasteiger partial charge in [0.25, 0.3) is 0 Å². The van der Waals surface area contributed by atoms with Crippen LogP contribution in [-0.4, -0.2) is 25.8 Å². The first-order chi connectivity index (χ1) is 7.33. The van der Waals surface area contributed by atoms with Crippen LogP contribution in [0.1, 0.15) is 38.5 Å². The topological polar surface area (TPSA) is 35.5 Å².